The number of nitrogens with one attached hydrogen (secondary N) is 1. The van der Waals surface area contributed by atoms with Gasteiger partial charge in [0.05, 0.1) is 0 Å². The molecule has 27 heavy (non-hydrogen) atoms. The third-order valence-corrected chi connectivity index (χ3v) is 5.63. The van der Waals surface area contributed by atoms with Crippen molar-refractivity contribution < 1.29 is 4.79 Å². The van der Waals surface area contributed by atoms with E-state index in [4.69, 9.17) is 0 Å². The molecule has 1 amide bonds. The molecule has 3 rings (SSSR count). The average Bonchev–Trinajstić information content (AvgIpc) is 2.69. The molecule has 5 heteroatoms. The summed E-state index contributed by atoms with van der Waals surface area (Å²) in [6.45, 7) is 13.0. The standard InChI is InChI=1S/C22H30N4O/c1-16-15-17(2)19(4)22(18(16)3)24-21(27)8-10-25-11-13-26(14-12-25)20-7-5-6-9-23-20/h5-7,9,15H,8,10-14H2,1-4H3,(H,24,27). The molecule has 1 saturated heterocycles. The van der Waals surface area contributed by atoms with Crippen LogP contribution < -0.4 is 10.2 Å². The SMILES string of the molecule is Cc1cc(C)c(C)c(NC(=O)CCN2CCN(c3ccccn3)CC2)c1C. The molecule has 144 valence electrons. The highest BCUT2D eigenvalue weighted by atomic mass is 16.1. The number of piperazine rings is 1. The lowest BCUT2D eigenvalue weighted by Gasteiger charge is -2.35. The molecule has 0 atom stereocenters. The van der Waals surface area contributed by atoms with E-state index in [1.807, 2.05) is 18.3 Å². The number of carbonyl (C=O) groups excluding carboxylic acids is 1. The monoisotopic (exact) mass is 366 g/mol. The van der Waals surface area contributed by atoms with Crippen molar-refractivity contribution in [2.45, 2.75) is 34.1 Å². The molecule has 0 spiro atoms. The Bertz CT molecular complexity index is 769. The molecule has 0 radical (unpaired) electrons. The Labute approximate surface area is 162 Å². The molecule has 1 aromatic heterocycles. The fourth-order valence-corrected chi connectivity index (χ4v) is 3.61. The van der Waals surface area contributed by atoms with E-state index in [2.05, 4.69) is 59.9 Å². The fourth-order valence-electron chi connectivity index (χ4n) is 3.61. The van der Waals surface area contributed by atoms with Crippen molar-refractivity contribution in [3.63, 3.8) is 0 Å². The van der Waals surface area contributed by atoms with E-state index in [1.54, 1.807) is 0 Å². The zero-order valence-corrected chi connectivity index (χ0v) is 16.9. The minimum atomic E-state index is 0.0957. The highest BCUT2D eigenvalue weighted by Crippen LogP contribution is 2.26. The lowest BCUT2D eigenvalue weighted by atomic mass is 9.98. The summed E-state index contributed by atoms with van der Waals surface area (Å²) in [5, 5.41) is 3.15. The van der Waals surface area contributed by atoms with Crippen molar-refractivity contribution in [2.75, 3.05) is 42.9 Å². The van der Waals surface area contributed by atoms with Crippen molar-refractivity contribution in [1.82, 2.24) is 9.88 Å². The van der Waals surface area contributed by atoms with E-state index >= 15 is 0 Å². The maximum absolute atomic E-state index is 12.5. The number of hydrogen-bond acceptors (Lipinski definition) is 4. The first-order valence-electron chi connectivity index (χ1n) is 9.71. The van der Waals surface area contributed by atoms with Gasteiger partial charge < -0.3 is 10.2 Å². The number of rotatable bonds is 5. The Kier molecular flexibility index (Phi) is 6.11. The van der Waals surface area contributed by atoms with Crippen molar-refractivity contribution in [2.24, 2.45) is 0 Å². The summed E-state index contributed by atoms with van der Waals surface area (Å²) in [6.07, 6.45) is 2.36. The van der Waals surface area contributed by atoms with Gasteiger partial charge in [0.15, 0.2) is 0 Å². The second-order valence-corrected chi connectivity index (χ2v) is 7.45. The number of aryl methyl sites for hydroxylation is 2. The van der Waals surface area contributed by atoms with Crippen LogP contribution in [-0.2, 0) is 4.79 Å². The molecule has 0 saturated carbocycles. The Morgan fingerprint density at radius 1 is 1.04 bits per heavy atom. The van der Waals surface area contributed by atoms with Gasteiger partial charge in [0.2, 0.25) is 5.91 Å². The van der Waals surface area contributed by atoms with Gasteiger partial charge in [-0.2, -0.15) is 0 Å². The molecule has 2 aromatic rings. The van der Waals surface area contributed by atoms with Crippen LogP contribution >= 0.6 is 0 Å². The molecule has 0 bridgehead atoms. The van der Waals surface area contributed by atoms with Gasteiger partial charge in [-0.3, -0.25) is 9.69 Å². The summed E-state index contributed by atoms with van der Waals surface area (Å²) in [7, 11) is 0. The molecular weight excluding hydrogens is 336 g/mol. The van der Waals surface area contributed by atoms with E-state index in [1.165, 1.54) is 11.1 Å². The van der Waals surface area contributed by atoms with Gasteiger partial charge in [0, 0.05) is 51.0 Å². The van der Waals surface area contributed by atoms with Gasteiger partial charge in [0.1, 0.15) is 5.82 Å². The largest absolute Gasteiger partial charge is 0.354 e. The molecule has 1 N–H and O–H groups in total. The maximum atomic E-state index is 12.5. The van der Waals surface area contributed by atoms with Crippen LogP contribution in [0, 0.1) is 27.7 Å². The van der Waals surface area contributed by atoms with Crippen LogP contribution in [0.1, 0.15) is 28.7 Å². The Hall–Kier alpha value is -2.40. The van der Waals surface area contributed by atoms with E-state index in [-0.39, 0.29) is 5.91 Å². The number of pyridine rings is 1. The smallest absolute Gasteiger partial charge is 0.225 e. The Morgan fingerprint density at radius 3 is 2.30 bits per heavy atom. The predicted octanol–water partition coefficient (Wildman–Crippen LogP) is 3.47. The van der Waals surface area contributed by atoms with Crippen molar-refractivity contribution in [3.8, 4) is 0 Å². The Morgan fingerprint density at radius 2 is 1.70 bits per heavy atom. The number of benzene rings is 1. The zero-order chi connectivity index (χ0) is 19.4. The fraction of sp³-hybridized carbons (Fsp3) is 0.455. The first-order valence-corrected chi connectivity index (χ1v) is 9.71. The molecule has 1 fully saturated rings. The summed E-state index contributed by atoms with van der Waals surface area (Å²) >= 11 is 0. The lowest BCUT2D eigenvalue weighted by molar-refractivity contribution is -0.116. The molecule has 2 heterocycles. The van der Waals surface area contributed by atoms with E-state index in [9.17, 15) is 4.79 Å². The summed E-state index contributed by atoms with van der Waals surface area (Å²) in [5.74, 6) is 1.13. The molecule has 1 aromatic carbocycles. The maximum Gasteiger partial charge on any atom is 0.225 e. The van der Waals surface area contributed by atoms with Crippen molar-refractivity contribution >= 4 is 17.4 Å². The van der Waals surface area contributed by atoms with Crippen LogP contribution in [-0.4, -0.2) is 48.5 Å². The first-order chi connectivity index (χ1) is 13.0. The number of aromatic nitrogens is 1. The lowest BCUT2D eigenvalue weighted by Crippen LogP contribution is -2.47. The minimum absolute atomic E-state index is 0.0957. The van der Waals surface area contributed by atoms with Crippen LogP contribution in [0.5, 0.6) is 0 Å². The number of nitrogens with zero attached hydrogens (tertiary/aromatic N) is 3. The normalized spacial score (nSPS) is 15.0. The van der Waals surface area contributed by atoms with Gasteiger partial charge in [-0.1, -0.05) is 12.1 Å². The second kappa shape index (κ2) is 8.53. The number of carbonyl (C=O) groups is 1. The average molecular weight is 367 g/mol. The molecule has 1 aliphatic rings. The number of anilines is 2. The van der Waals surface area contributed by atoms with Gasteiger partial charge in [-0.25, -0.2) is 4.98 Å². The van der Waals surface area contributed by atoms with Gasteiger partial charge in [-0.15, -0.1) is 0 Å². The van der Waals surface area contributed by atoms with Crippen molar-refractivity contribution in [1.29, 1.82) is 0 Å². The third kappa shape index (κ3) is 4.66. The van der Waals surface area contributed by atoms with Gasteiger partial charge in [0.25, 0.3) is 0 Å². The van der Waals surface area contributed by atoms with Crippen LogP contribution in [0.25, 0.3) is 0 Å². The first kappa shape index (κ1) is 19.4. The molecule has 0 unspecified atom stereocenters. The molecular formula is C22H30N4O. The molecule has 1 aliphatic heterocycles. The summed E-state index contributed by atoms with van der Waals surface area (Å²) in [4.78, 5) is 21.6. The molecule has 5 nitrogen and oxygen atoms in total. The van der Waals surface area contributed by atoms with E-state index < -0.39 is 0 Å². The minimum Gasteiger partial charge on any atom is -0.354 e. The van der Waals surface area contributed by atoms with Gasteiger partial charge in [-0.05, 0) is 62.1 Å². The second-order valence-electron chi connectivity index (χ2n) is 7.45. The number of amides is 1. The highest BCUT2D eigenvalue weighted by Gasteiger charge is 2.19. The summed E-state index contributed by atoms with van der Waals surface area (Å²) < 4.78 is 0. The van der Waals surface area contributed by atoms with Crippen LogP contribution in [0.2, 0.25) is 0 Å². The summed E-state index contributed by atoms with van der Waals surface area (Å²) in [5.41, 5.74) is 5.75. The van der Waals surface area contributed by atoms with Gasteiger partial charge >= 0.3 is 0 Å². The third-order valence-electron chi connectivity index (χ3n) is 5.63. The molecule has 0 aliphatic carbocycles. The quantitative estimate of drug-likeness (QED) is 0.880. The zero-order valence-electron chi connectivity index (χ0n) is 16.9. The van der Waals surface area contributed by atoms with Crippen LogP contribution in [0.4, 0.5) is 11.5 Å². The van der Waals surface area contributed by atoms with Crippen LogP contribution in [0.3, 0.4) is 0 Å². The Balaban J connectivity index is 1.50. The summed E-state index contributed by atoms with van der Waals surface area (Å²) in [6, 6.07) is 8.20. The highest BCUT2D eigenvalue weighted by molar-refractivity contribution is 5.93. The topological polar surface area (TPSA) is 48.5 Å². The van der Waals surface area contributed by atoms with E-state index in [0.29, 0.717) is 6.42 Å². The van der Waals surface area contributed by atoms with Crippen molar-refractivity contribution in [3.05, 3.63) is 52.7 Å². The van der Waals surface area contributed by atoms with E-state index in [0.717, 1.165) is 55.4 Å². The van der Waals surface area contributed by atoms with Crippen LogP contribution in [0.15, 0.2) is 30.5 Å². The predicted molar refractivity (Wildman–Crippen MR) is 112 cm³/mol. The number of hydrogen-bond donors (Lipinski definition) is 1.